The van der Waals surface area contributed by atoms with Crippen LogP contribution in [-0.2, 0) is 26.5 Å². The van der Waals surface area contributed by atoms with Gasteiger partial charge in [0.2, 0.25) is 0 Å². The molecule has 7 aromatic rings. The van der Waals surface area contributed by atoms with E-state index in [0.717, 1.165) is 50.9 Å². The van der Waals surface area contributed by atoms with Crippen LogP contribution in [0.5, 0.6) is 0 Å². The number of nitrogens with zero attached hydrogens (tertiary/aromatic N) is 2. The van der Waals surface area contributed by atoms with Crippen LogP contribution in [-0.4, -0.2) is 18.0 Å². The van der Waals surface area contributed by atoms with E-state index in [1.165, 1.54) is 27.4 Å². The predicted octanol–water partition coefficient (Wildman–Crippen LogP) is 10.7. The fourth-order valence-corrected chi connectivity index (χ4v) is 7.58. The van der Waals surface area contributed by atoms with Crippen molar-refractivity contribution in [3.63, 3.8) is 0 Å². The first-order valence-corrected chi connectivity index (χ1v) is 19.5. The van der Waals surface area contributed by atoms with Gasteiger partial charge < -0.3 is 14.4 Å². The van der Waals surface area contributed by atoms with Gasteiger partial charge in [-0.15, -0.1) is 54.1 Å². The molecule has 3 nitrogen and oxygen atoms in total. The minimum atomic E-state index is -1.34. The molecule has 0 saturated heterocycles. The molecule has 0 saturated carbocycles. The van der Waals surface area contributed by atoms with Crippen LogP contribution in [0.2, 0.25) is 19.6 Å². The number of aromatic nitrogens is 2. The van der Waals surface area contributed by atoms with Crippen LogP contribution in [0.1, 0.15) is 25.0 Å². The molecular weight excluding hydrogens is 769 g/mol. The number of benzene rings is 4. The van der Waals surface area contributed by atoms with Crippen molar-refractivity contribution in [1.82, 2.24) is 9.97 Å². The van der Waals surface area contributed by atoms with Crippen LogP contribution in [0, 0.1) is 25.0 Å². The van der Waals surface area contributed by atoms with E-state index in [9.17, 15) is 0 Å². The molecule has 5 heteroatoms. The van der Waals surface area contributed by atoms with Crippen LogP contribution in [0.15, 0.2) is 120 Å². The van der Waals surface area contributed by atoms with Gasteiger partial charge in [-0.05, 0) is 59.1 Å². The summed E-state index contributed by atoms with van der Waals surface area (Å²) in [5.74, 6) is 0.667. The third-order valence-electron chi connectivity index (χ3n) is 8.12. The van der Waals surface area contributed by atoms with Gasteiger partial charge in [-0.25, -0.2) is 0 Å². The van der Waals surface area contributed by atoms with Gasteiger partial charge in [0.15, 0.2) is 0 Å². The summed E-state index contributed by atoms with van der Waals surface area (Å²) in [6.45, 7) is 13.8. The van der Waals surface area contributed by atoms with Crippen LogP contribution in [0.25, 0.3) is 55.6 Å². The molecule has 3 aromatic heterocycles. The zero-order chi connectivity index (χ0) is 32.3. The third-order valence-corrected chi connectivity index (χ3v) is 10.2. The number of aryl methyl sites for hydroxylation is 1. The summed E-state index contributed by atoms with van der Waals surface area (Å²) in [7, 11) is -1.34. The molecular formula is C42H40IrN2OSi-2. The summed E-state index contributed by atoms with van der Waals surface area (Å²) >= 11 is 0. The number of fused-ring (bicyclic) bond motifs is 3. The summed E-state index contributed by atoms with van der Waals surface area (Å²) in [5.41, 5.74) is 10.6. The molecule has 7 rings (SSSR count). The second-order valence-electron chi connectivity index (χ2n) is 13.3. The molecule has 1 radical (unpaired) electrons. The van der Waals surface area contributed by atoms with Gasteiger partial charge in [-0.3, -0.25) is 0 Å². The number of rotatable bonds is 6. The van der Waals surface area contributed by atoms with Crippen LogP contribution >= 0.6 is 0 Å². The van der Waals surface area contributed by atoms with Crippen LogP contribution < -0.4 is 5.19 Å². The molecule has 0 bridgehead atoms. The average molecular weight is 809 g/mol. The van der Waals surface area contributed by atoms with E-state index < -0.39 is 8.07 Å². The molecule has 0 amide bonds. The molecule has 0 aliphatic carbocycles. The van der Waals surface area contributed by atoms with Crippen molar-refractivity contribution in [3.8, 4) is 33.6 Å². The van der Waals surface area contributed by atoms with Crippen molar-refractivity contribution in [2.45, 2.75) is 46.8 Å². The van der Waals surface area contributed by atoms with E-state index in [0.29, 0.717) is 5.92 Å². The minimum absolute atomic E-state index is 0. The topological polar surface area (TPSA) is 38.9 Å². The maximum Gasteiger partial charge on any atom is 0.121 e. The molecule has 0 unspecified atom stereocenters. The first-order valence-electron chi connectivity index (χ1n) is 16.0. The van der Waals surface area contributed by atoms with Gasteiger partial charge in [0.05, 0.1) is 13.7 Å². The fraction of sp³-hybridized carbons (Fsp3) is 0.190. The van der Waals surface area contributed by atoms with Crippen molar-refractivity contribution in [3.05, 3.63) is 139 Å². The molecule has 0 N–H and O–H groups in total. The summed E-state index contributed by atoms with van der Waals surface area (Å²) in [5, 5.41) is 3.72. The Kier molecular flexibility index (Phi) is 10.7. The largest absolute Gasteiger partial charge is 0.501 e. The second-order valence-corrected chi connectivity index (χ2v) is 18.4. The Morgan fingerprint density at radius 3 is 2.28 bits per heavy atom. The van der Waals surface area contributed by atoms with Crippen molar-refractivity contribution >= 4 is 35.2 Å². The smallest absolute Gasteiger partial charge is 0.121 e. The van der Waals surface area contributed by atoms with Gasteiger partial charge in [-0.2, -0.15) is 0 Å². The zero-order valence-corrected chi connectivity index (χ0v) is 31.3. The maximum atomic E-state index is 6.27. The summed E-state index contributed by atoms with van der Waals surface area (Å²) in [6, 6.07) is 41.7. The molecule has 47 heavy (non-hydrogen) atoms. The molecule has 0 fully saturated rings. The van der Waals surface area contributed by atoms with Crippen molar-refractivity contribution in [2.24, 2.45) is 5.92 Å². The second kappa shape index (κ2) is 14.7. The molecule has 239 valence electrons. The Hall–Kier alpha value is -4.15. The first-order chi connectivity index (χ1) is 22.2. The Balaban J connectivity index is 0.000000188. The van der Waals surface area contributed by atoms with Gasteiger partial charge in [0.25, 0.3) is 0 Å². The van der Waals surface area contributed by atoms with Crippen molar-refractivity contribution < 1.29 is 24.5 Å². The minimum Gasteiger partial charge on any atom is -0.501 e. The average Bonchev–Trinajstić information content (AvgIpc) is 3.44. The van der Waals surface area contributed by atoms with E-state index >= 15 is 0 Å². The summed E-state index contributed by atoms with van der Waals surface area (Å²) in [4.78, 5) is 9.21. The van der Waals surface area contributed by atoms with E-state index in [-0.39, 0.29) is 20.1 Å². The van der Waals surface area contributed by atoms with Crippen LogP contribution in [0.3, 0.4) is 0 Å². The molecule has 0 spiro atoms. The van der Waals surface area contributed by atoms with Gasteiger partial charge in [0, 0.05) is 37.9 Å². The summed E-state index contributed by atoms with van der Waals surface area (Å²) in [6.07, 6.45) is 5.07. The van der Waals surface area contributed by atoms with Gasteiger partial charge >= 0.3 is 0 Å². The van der Waals surface area contributed by atoms with Gasteiger partial charge in [0.1, 0.15) is 5.58 Å². The normalized spacial score (nSPS) is 11.3. The van der Waals surface area contributed by atoms with E-state index in [2.05, 4.69) is 123 Å². The Bertz CT molecular complexity index is 2100. The number of furan rings is 1. The maximum absolute atomic E-state index is 6.27. The van der Waals surface area contributed by atoms with Crippen molar-refractivity contribution in [2.75, 3.05) is 0 Å². The van der Waals surface area contributed by atoms with Crippen LogP contribution in [0.4, 0.5) is 0 Å². The predicted molar refractivity (Wildman–Crippen MR) is 196 cm³/mol. The Morgan fingerprint density at radius 2 is 1.57 bits per heavy atom. The van der Waals surface area contributed by atoms with E-state index in [4.69, 9.17) is 4.42 Å². The molecule has 3 heterocycles. The SMILES string of the molecule is CC(C)Cc1cc(-c2[c-]cccc2)ncc1[Si](C)(C)C.Cc1ccnc(-c2[c-]ccc3c2oc2cccc(-c4ccccc4)c23)c1.[Ir]. The monoisotopic (exact) mass is 809 g/mol. The number of hydrogen-bond acceptors (Lipinski definition) is 3. The number of pyridine rings is 2. The molecule has 0 aliphatic heterocycles. The Morgan fingerprint density at radius 1 is 0.787 bits per heavy atom. The molecule has 4 aromatic carbocycles. The molecule has 0 aliphatic rings. The first kappa shape index (κ1) is 34.2. The standard InChI is InChI=1S/C24H16NO.C18H24NSi.Ir/c1-16-13-14-25-21(15-16)19-10-5-11-20-23-18(17-7-3-2-4-8-17)9-6-12-22(23)26-24(19)20;1-14(2)11-16-12-17(15-9-7-6-8-10-15)19-13-18(16)20(3,4)5;/h2-9,11-15H,1H3;6-9,12-14H,11H2,1-5H3;/q2*-1;. The van der Waals surface area contributed by atoms with Gasteiger partial charge in [-0.1, -0.05) is 110 Å². The zero-order valence-electron chi connectivity index (χ0n) is 27.9. The third kappa shape index (κ3) is 7.71. The molecule has 0 atom stereocenters. The summed E-state index contributed by atoms with van der Waals surface area (Å²) < 4.78 is 6.27. The Labute approximate surface area is 293 Å². The van der Waals surface area contributed by atoms with Crippen molar-refractivity contribution in [1.29, 1.82) is 0 Å². The van der Waals surface area contributed by atoms with E-state index in [1.807, 2.05) is 54.7 Å². The quantitative estimate of drug-likeness (QED) is 0.124. The number of hydrogen-bond donors (Lipinski definition) is 0. The van der Waals surface area contributed by atoms with E-state index in [1.54, 1.807) is 0 Å². The fourth-order valence-electron chi connectivity index (χ4n) is 5.99.